The third-order valence-corrected chi connectivity index (χ3v) is 2.96. The van der Waals surface area contributed by atoms with Gasteiger partial charge >= 0.3 is 0 Å². The molecule has 0 aliphatic rings. The van der Waals surface area contributed by atoms with Crippen molar-refractivity contribution in [1.82, 2.24) is 10.3 Å². The van der Waals surface area contributed by atoms with Crippen molar-refractivity contribution in [3.8, 4) is 0 Å². The van der Waals surface area contributed by atoms with Crippen molar-refractivity contribution in [3.63, 3.8) is 0 Å². The highest BCUT2D eigenvalue weighted by Gasteiger charge is 2.12. The summed E-state index contributed by atoms with van der Waals surface area (Å²) < 4.78 is 5.56. The normalized spacial score (nSPS) is 10.0. The number of furan rings is 1. The van der Waals surface area contributed by atoms with Gasteiger partial charge in [0, 0.05) is 6.20 Å². The quantitative estimate of drug-likeness (QED) is 0.636. The van der Waals surface area contributed by atoms with E-state index in [0.29, 0.717) is 10.4 Å². The average Bonchev–Trinajstić information content (AvgIpc) is 2.79. The fourth-order valence-corrected chi connectivity index (χ4v) is 1.91. The molecule has 0 bridgehead atoms. The lowest BCUT2D eigenvalue weighted by Crippen LogP contribution is -2.34. The molecule has 0 aliphatic heterocycles. The van der Waals surface area contributed by atoms with Crippen molar-refractivity contribution in [2.75, 3.05) is 5.32 Å². The van der Waals surface area contributed by atoms with E-state index in [1.54, 1.807) is 24.4 Å². The van der Waals surface area contributed by atoms with Gasteiger partial charge in [-0.1, -0.05) is 11.6 Å². The number of hydrogen-bond donors (Lipinski definition) is 2. The molecule has 2 aromatic heterocycles. The Kier molecular flexibility index (Phi) is 4.52. The molecule has 0 aliphatic carbocycles. The smallest absolute Gasteiger partial charge is 0.293 e. The molecule has 0 aromatic carbocycles. The number of pyridine rings is 1. The van der Waals surface area contributed by atoms with E-state index in [1.807, 2.05) is 0 Å². The molecule has 1 amide bonds. The minimum Gasteiger partial charge on any atom is -0.444 e. The maximum absolute atomic E-state index is 11.7. The van der Waals surface area contributed by atoms with Gasteiger partial charge in [0.1, 0.15) is 0 Å². The highest BCUT2D eigenvalue weighted by molar-refractivity contribution is 9.10. The van der Waals surface area contributed by atoms with E-state index in [4.69, 9.17) is 28.2 Å². The summed E-state index contributed by atoms with van der Waals surface area (Å²) >= 11 is 14.0. The Morgan fingerprint density at radius 2 is 2.21 bits per heavy atom. The molecule has 0 radical (unpaired) electrons. The van der Waals surface area contributed by atoms with E-state index in [2.05, 4.69) is 31.5 Å². The number of anilines is 1. The second kappa shape index (κ2) is 6.14. The number of hydrogen-bond acceptors (Lipinski definition) is 4. The summed E-state index contributed by atoms with van der Waals surface area (Å²) in [6, 6.07) is 6.53. The standard InChI is InChI=1S/C11H7BrClN3O2S/c12-8-4-3-7(18-8)10(17)16-11(19)15-6-2-1-5-14-9(6)13/h1-5H,(H2,15,16,17,19). The van der Waals surface area contributed by atoms with Gasteiger partial charge in [-0.2, -0.15) is 0 Å². The van der Waals surface area contributed by atoms with Crippen LogP contribution in [0.2, 0.25) is 5.15 Å². The van der Waals surface area contributed by atoms with Gasteiger partial charge in [-0.25, -0.2) is 4.98 Å². The number of rotatable bonds is 2. The molecular formula is C11H7BrClN3O2S. The van der Waals surface area contributed by atoms with Crippen LogP contribution < -0.4 is 10.6 Å². The maximum atomic E-state index is 11.7. The zero-order valence-corrected chi connectivity index (χ0v) is 12.5. The molecule has 2 rings (SSSR count). The van der Waals surface area contributed by atoms with Crippen LogP contribution in [0, 0.1) is 0 Å². The molecule has 5 nitrogen and oxygen atoms in total. The summed E-state index contributed by atoms with van der Waals surface area (Å²) in [6.07, 6.45) is 1.55. The number of halogens is 2. The van der Waals surface area contributed by atoms with Crippen molar-refractivity contribution in [3.05, 3.63) is 46.0 Å². The fourth-order valence-electron chi connectivity index (χ4n) is 1.23. The molecule has 0 spiro atoms. The van der Waals surface area contributed by atoms with E-state index >= 15 is 0 Å². The largest absolute Gasteiger partial charge is 0.444 e. The number of thiocarbonyl (C=S) groups is 1. The zero-order chi connectivity index (χ0) is 13.8. The third-order valence-electron chi connectivity index (χ3n) is 2.03. The summed E-state index contributed by atoms with van der Waals surface area (Å²) in [6.45, 7) is 0. The van der Waals surface area contributed by atoms with Crippen molar-refractivity contribution in [1.29, 1.82) is 0 Å². The minimum atomic E-state index is -0.455. The minimum absolute atomic E-state index is 0.104. The van der Waals surface area contributed by atoms with Gasteiger partial charge < -0.3 is 9.73 Å². The Hall–Kier alpha value is -1.44. The molecular weight excluding hydrogens is 354 g/mol. The number of amides is 1. The van der Waals surface area contributed by atoms with Gasteiger partial charge in [0.2, 0.25) is 0 Å². The third kappa shape index (κ3) is 3.76. The molecule has 98 valence electrons. The Balaban J connectivity index is 1.99. The predicted molar refractivity (Wildman–Crippen MR) is 79.3 cm³/mol. The lowest BCUT2D eigenvalue weighted by Gasteiger charge is -2.09. The average molecular weight is 361 g/mol. The first-order chi connectivity index (χ1) is 9.06. The van der Waals surface area contributed by atoms with Crippen LogP contribution in [-0.2, 0) is 0 Å². The van der Waals surface area contributed by atoms with Crippen LogP contribution in [0.1, 0.15) is 10.6 Å². The number of carbonyl (C=O) groups is 1. The molecule has 2 aromatic rings. The lowest BCUT2D eigenvalue weighted by molar-refractivity contribution is 0.0949. The van der Waals surface area contributed by atoms with Gasteiger partial charge in [-0.05, 0) is 52.4 Å². The van der Waals surface area contributed by atoms with E-state index in [0.717, 1.165) is 0 Å². The monoisotopic (exact) mass is 359 g/mol. The maximum Gasteiger partial charge on any atom is 0.293 e. The molecule has 8 heteroatoms. The Bertz CT molecular complexity index is 632. The fraction of sp³-hybridized carbons (Fsp3) is 0. The van der Waals surface area contributed by atoms with Crippen LogP contribution in [0.5, 0.6) is 0 Å². The van der Waals surface area contributed by atoms with Crippen molar-refractivity contribution in [2.45, 2.75) is 0 Å². The summed E-state index contributed by atoms with van der Waals surface area (Å²) in [4.78, 5) is 15.6. The molecule has 2 heterocycles. The van der Waals surface area contributed by atoms with Crippen LogP contribution in [0.25, 0.3) is 0 Å². The summed E-state index contributed by atoms with van der Waals surface area (Å²) in [7, 11) is 0. The predicted octanol–water partition coefficient (Wildman–Crippen LogP) is 3.22. The number of nitrogens with one attached hydrogen (secondary N) is 2. The molecule has 19 heavy (non-hydrogen) atoms. The number of carbonyl (C=O) groups excluding carboxylic acids is 1. The summed E-state index contributed by atoms with van der Waals surface area (Å²) in [5.41, 5.74) is 0.509. The van der Waals surface area contributed by atoms with E-state index in [1.165, 1.54) is 6.07 Å². The molecule has 0 saturated carbocycles. The van der Waals surface area contributed by atoms with Crippen molar-refractivity contribution in [2.24, 2.45) is 0 Å². The van der Waals surface area contributed by atoms with Crippen LogP contribution in [0.3, 0.4) is 0 Å². The van der Waals surface area contributed by atoms with Crippen LogP contribution in [0.15, 0.2) is 39.5 Å². The second-order valence-corrected chi connectivity index (χ2v) is 4.90. The molecule has 0 saturated heterocycles. The van der Waals surface area contributed by atoms with Gasteiger partial charge in [-0.15, -0.1) is 0 Å². The summed E-state index contributed by atoms with van der Waals surface area (Å²) in [5.74, 6) is -0.309. The van der Waals surface area contributed by atoms with Crippen LogP contribution >= 0.6 is 39.7 Å². The first kappa shape index (κ1) is 14.0. The zero-order valence-electron chi connectivity index (χ0n) is 9.31. The van der Waals surface area contributed by atoms with Crippen molar-refractivity contribution >= 4 is 56.5 Å². The first-order valence-electron chi connectivity index (χ1n) is 5.04. The van der Waals surface area contributed by atoms with Gasteiger partial charge in [0.05, 0.1) is 5.69 Å². The van der Waals surface area contributed by atoms with Gasteiger partial charge in [0.15, 0.2) is 20.7 Å². The number of nitrogens with zero attached hydrogens (tertiary/aromatic N) is 1. The summed E-state index contributed by atoms with van der Waals surface area (Å²) in [5, 5.41) is 5.60. The topological polar surface area (TPSA) is 67.2 Å². The molecule has 0 unspecified atom stereocenters. The Labute approximate surface area is 127 Å². The van der Waals surface area contributed by atoms with Crippen LogP contribution in [0.4, 0.5) is 5.69 Å². The number of aromatic nitrogens is 1. The lowest BCUT2D eigenvalue weighted by atomic mass is 10.4. The molecule has 0 atom stereocenters. The highest BCUT2D eigenvalue weighted by atomic mass is 79.9. The second-order valence-electron chi connectivity index (χ2n) is 3.35. The van der Waals surface area contributed by atoms with Gasteiger partial charge in [-0.3, -0.25) is 10.1 Å². The Morgan fingerprint density at radius 3 is 2.84 bits per heavy atom. The van der Waals surface area contributed by atoms with Gasteiger partial charge in [0.25, 0.3) is 5.91 Å². The SMILES string of the molecule is O=C(NC(=S)Nc1cccnc1Cl)c1ccc(Br)o1. The first-order valence-corrected chi connectivity index (χ1v) is 6.62. The molecule has 0 fully saturated rings. The van der Waals surface area contributed by atoms with Crippen LogP contribution in [-0.4, -0.2) is 16.0 Å². The Morgan fingerprint density at radius 1 is 1.42 bits per heavy atom. The van der Waals surface area contributed by atoms with E-state index in [-0.39, 0.29) is 16.0 Å². The highest BCUT2D eigenvalue weighted by Crippen LogP contribution is 2.17. The van der Waals surface area contributed by atoms with E-state index < -0.39 is 5.91 Å². The van der Waals surface area contributed by atoms with E-state index in [9.17, 15) is 4.79 Å². The van der Waals surface area contributed by atoms with Crippen molar-refractivity contribution < 1.29 is 9.21 Å². The molecule has 2 N–H and O–H groups in total.